The van der Waals surface area contributed by atoms with Crippen LogP contribution in [-0.2, 0) is 0 Å². The molecule has 6 heteroatoms. The van der Waals surface area contributed by atoms with Crippen molar-refractivity contribution >= 4 is 38.6 Å². The van der Waals surface area contributed by atoms with Gasteiger partial charge in [-0.05, 0) is 30.5 Å². The van der Waals surface area contributed by atoms with Crippen molar-refractivity contribution in [2.75, 3.05) is 5.32 Å². The van der Waals surface area contributed by atoms with E-state index in [1.165, 1.54) is 11.3 Å². The Balaban J connectivity index is 1.72. The van der Waals surface area contributed by atoms with Gasteiger partial charge in [0.1, 0.15) is 10.7 Å². The fraction of sp³-hybridized carbons (Fsp3) is 0.111. The lowest BCUT2D eigenvalue weighted by molar-refractivity contribution is 0.793. The highest BCUT2D eigenvalue weighted by Gasteiger charge is 2.16. The van der Waals surface area contributed by atoms with Gasteiger partial charge >= 0.3 is 0 Å². The van der Waals surface area contributed by atoms with E-state index in [2.05, 4.69) is 15.3 Å². The third kappa shape index (κ3) is 2.74. The van der Waals surface area contributed by atoms with E-state index in [0.717, 1.165) is 21.0 Å². The lowest BCUT2D eigenvalue weighted by Gasteiger charge is -2.14. The second-order valence-electron chi connectivity index (χ2n) is 5.49. The maximum Gasteiger partial charge on any atom is 0.260 e. The van der Waals surface area contributed by atoms with Crippen LogP contribution in [0.15, 0.2) is 58.0 Å². The molecule has 1 atom stereocenters. The molecule has 3 aromatic heterocycles. The maximum absolute atomic E-state index is 12.6. The van der Waals surface area contributed by atoms with Crippen LogP contribution in [-0.4, -0.2) is 9.97 Å². The van der Waals surface area contributed by atoms with Crippen molar-refractivity contribution in [1.82, 2.24) is 9.97 Å². The molecule has 4 aromatic rings. The van der Waals surface area contributed by atoms with Crippen molar-refractivity contribution in [2.24, 2.45) is 0 Å². The minimum Gasteiger partial charge on any atom is -0.375 e. The van der Waals surface area contributed by atoms with E-state index >= 15 is 0 Å². The fourth-order valence-electron chi connectivity index (χ4n) is 2.64. The lowest BCUT2D eigenvalue weighted by Crippen LogP contribution is -2.17. The summed E-state index contributed by atoms with van der Waals surface area (Å²) < 4.78 is 0. The minimum atomic E-state index is -0.0863. The van der Waals surface area contributed by atoms with Gasteiger partial charge < -0.3 is 10.3 Å². The number of fused-ring (bicyclic) bond motifs is 1. The standard InChI is InChI=1S/C18H15N3OS2/c1-11(19-12-6-3-2-4-7-12)16-20-17(22)15-13(10-24-18(15)21-16)14-8-5-9-23-14/h2-11,19H,1H3,(H,20,21,22)/t11-/m0/s1. The third-order valence-electron chi connectivity index (χ3n) is 3.82. The SMILES string of the molecule is C[C@H](Nc1ccccc1)c1nc2scc(-c3cccs3)c2c(=O)[nH]1. The molecule has 120 valence electrons. The van der Waals surface area contributed by atoms with Crippen LogP contribution in [0.2, 0.25) is 0 Å². The van der Waals surface area contributed by atoms with Crippen LogP contribution in [0.1, 0.15) is 18.8 Å². The molecule has 0 aliphatic heterocycles. The number of para-hydroxylation sites is 1. The molecule has 0 radical (unpaired) electrons. The van der Waals surface area contributed by atoms with Crippen molar-refractivity contribution in [3.05, 3.63) is 69.4 Å². The molecule has 0 saturated heterocycles. The summed E-state index contributed by atoms with van der Waals surface area (Å²) in [6, 6.07) is 13.8. The Hall–Kier alpha value is -2.44. The summed E-state index contributed by atoms with van der Waals surface area (Å²) in [5.41, 5.74) is 1.88. The van der Waals surface area contributed by atoms with Crippen LogP contribution < -0.4 is 10.9 Å². The van der Waals surface area contributed by atoms with Crippen LogP contribution in [0.3, 0.4) is 0 Å². The van der Waals surface area contributed by atoms with E-state index in [-0.39, 0.29) is 11.6 Å². The Kier molecular flexibility index (Phi) is 3.92. The van der Waals surface area contributed by atoms with Crippen molar-refractivity contribution in [3.63, 3.8) is 0 Å². The number of rotatable bonds is 4. The molecule has 4 rings (SSSR count). The highest BCUT2D eigenvalue weighted by atomic mass is 32.1. The molecule has 0 aliphatic rings. The largest absolute Gasteiger partial charge is 0.375 e. The van der Waals surface area contributed by atoms with Gasteiger partial charge in [0.2, 0.25) is 0 Å². The smallest absolute Gasteiger partial charge is 0.260 e. The number of nitrogens with one attached hydrogen (secondary N) is 2. The zero-order valence-electron chi connectivity index (χ0n) is 12.9. The first-order valence-electron chi connectivity index (χ1n) is 7.59. The van der Waals surface area contributed by atoms with Gasteiger partial charge in [-0.3, -0.25) is 4.79 Å². The molecule has 0 bridgehead atoms. The number of hydrogen-bond donors (Lipinski definition) is 2. The monoisotopic (exact) mass is 353 g/mol. The molecule has 1 aromatic carbocycles. The molecule has 3 heterocycles. The molecule has 24 heavy (non-hydrogen) atoms. The summed E-state index contributed by atoms with van der Waals surface area (Å²) in [5, 5.41) is 8.06. The van der Waals surface area contributed by atoms with Crippen molar-refractivity contribution in [1.29, 1.82) is 0 Å². The summed E-state index contributed by atoms with van der Waals surface area (Å²) in [4.78, 5) is 22.1. The van der Waals surface area contributed by atoms with E-state index in [9.17, 15) is 4.79 Å². The Morgan fingerprint density at radius 2 is 1.96 bits per heavy atom. The van der Waals surface area contributed by atoms with E-state index < -0.39 is 0 Å². The van der Waals surface area contributed by atoms with Gasteiger partial charge in [0, 0.05) is 21.5 Å². The number of benzene rings is 1. The zero-order valence-corrected chi connectivity index (χ0v) is 14.6. The molecular weight excluding hydrogens is 338 g/mol. The van der Waals surface area contributed by atoms with Gasteiger partial charge in [-0.15, -0.1) is 22.7 Å². The van der Waals surface area contributed by atoms with Crippen LogP contribution in [0, 0.1) is 0 Å². The second-order valence-corrected chi connectivity index (χ2v) is 7.30. The number of aromatic amines is 1. The Morgan fingerprint density at radius 3 is 2.71 bits per heavy atom. The molecule has 0 fully saturated rings. The highest BCUT2D eigenvalue weighted by molar-refractivity contribution is 7.18. The van der Waals surface area contributed by atoms with Crippen LogP contribution >= 0.6 is 22.7 Å². The number of anilines is 1. The Morgan fingerprint density at radius 1 is 1.12 bits per heavy atom. The van der Waals surface area contributed by atoms with Gasteiger partial charge in [-0.25, -0.2) is 4.98 Å². The first-order chi connectivity index (χ1) is 11.7. The predicted octanol–water partition coefficient (Wildman–Crippen LogP) is 4.89. The second kappa shape index (κ2) is 6.22. The maximum atomic E-state index is 12.6. The van der Waals surface area contributed by atoms with Gasteiger partial charge in [0.25, 0.3) is 5.56 Å². The van der Waals surface area contributed by atoms with Gasteiger partial charge in [0.05, 0.1) is 11.4 Å². The quantitative estimate of drug-likeness (QED) is 0.549. The fourth-order valence-corrected chi connectivity index (χ4v) is 4.41. The summed E-state index contributed by atoms with van der Waals surface area (Å²) in [6.45, 7) is 1.99. The van der Waals surface area contributed by atoms with Crippen LogP contribution in [0.25, 0.3) is 20.7 Å². The van der Waals surface area contributed by atoms with E-state index in [1.54, 1.807) is 11.3 Å². The van der Waals surface area contributed by atoms with Gasteiger partial charge in [-0.2, -0.15) is 0 Å². The number of nitrogens with zero attached hydrogens (tertiary/aromatic N) is 1. The molecule has 0 unspecified atom stereocenters. The lowest BCUT2D eigenvalue weighted by atomic mass is 10.2. The molecule has 0 saturated carbocycles. The number of H-pyrrole nitrogens is 1. The predicted molar refractivity (Wildman–Crippen MR) is 102 cm³/mol. The van der Waals surface area contributed by atoms with E-state index in [0.29, 0.717) is 11.2 Å². The average Bonchev–Trinajstić information content (AvgIpc) is 3.24. The summed E-state index contributed by atoms with van der Waals surface area (Å²) in [7, 11) is 0. The van der Waals surface area contributed by atoms with Gasteiger partial charge in [0.15, 0.2) is 0 Å². The molecule has 4 nitrogen and oxygen atoms in total. The average molecular weight is 353 g/mol. The highest BCUT2D eigenvalue weighted by Crippen LogP contribution is 2.33. The number of aromatic nitrogens is 2. The van der Waals surface area contributed by atoms with Crippen molar-refractivity contribution < 1.29 is 0 Å². The van der Waals surface area contributed by atoms with Crippen molar-refractivity contribution in [3.8, 4) is 10.4 Å². The van der Waals surface area contributed by atoms with Crippen LogP contribution in [0.4, 0.5) is 5.69 Å². The summed E-state index contributed by atoms with van der Waals surface area (Å²) in [6.07, 6.45) is 0. The summed E-state index contributed by atoms with van der Waals surface area (Å²) in [5.74, 6) is 0.649. The summed E-state index contributed by atoms with van der Waals surface area (Å²) >= 11 is 3.14. The minimum absolute atomic E-state index is 0.0821. The molecular formula is C18H15N3OS2. The molecule has 2 N–H and O–H groups in total. The van der Waals surface area contributed by atoms with E-state index in [4.69, 9.17) is 0 Å². The molecule has 0 aliphatic carbocycles. The first kappa shape index (κ1) is 15.1. The number of hydrogen-bond acceptors (Lipinski definition) is 5. The Bertz CT molecular complexity index is 1020. The molecule has 0 spiro atoms. The van der Waals surface area contributed by atoms with Crippen molar-refractivity contribution in [2.45, 2.75) is 13.0 Å². The Labute approximate surface area is 146 Å². The van der Waals surface area contributed by atoms with E-state index in [1.807, 2.05) is 60.1 Å². The molecule has 0 amide bonds. The topological polar surface area (TPSA) is 57.8 Å². The number of thiophene rings is 2. The van der Waals surface area contributed by atoms with Crippen LogP contribution in [0.5, 0.6) is 0 Å². The first-order valence-corrected chi connectivity index (χ1v) is 9.35. The van der Waals surface area contributed by atoms with Gasteiger partial charge in [-0.1, -0.05) is 24.3 Å². The zero-order chi connectivity index (χ0) is 16.5. The third-order valence-corrected chi connectivity index (χ3v) is 5.59. The normalized spacial score (nSPS) is 12.4.